The number of hydrogen-bond donors (Lipinski definition) is 0. The maximum Gasteiger partial charge on any atom is 0.303 e. The van der Waals surface area contributed by atoms with Gasteiger partial charge in [0, 0.05) is 26.7 Å². The number of fused-ring (bicyclic) bond motifs is 1. The third-order valence-electron chi connectivity index (χ3n) is 4.60. The monoisotopic (exact) mass is 291 g/mol. The number of carbonyl (C=O) groups excluding carboxylic acids is 1. The predicted molar refractivity (Wildman–Crippen MR) is 75.5 cm³/mol. The van der Waals surface area contributed by atoms with Crippen LogP contribution in [0.1, 0.15) is 39.5 Å². The minimum absolute atomic E-state index is 0.0116. The van der Waals surface area contributed by atoms with E-state index in [2.05, 4.69) is 4.85 Å². The lowest BCUT2D eigenvalue weighted by Gasteiger charge is -2.40. The summed E-state index contributed by atoms with van der Waals surface area (Å²) in [6.45, 7) is 10.4. The fourth-order valence-corrected chi connectivity index (χ4v) is 3.66. The first-order valence-electron chi connectivity index (χ1n) is 7.59. The van der Waals surface area contributed by atoms with E-state index < -0.39 is 0 Å². The minimum Gasteiger partial charge on any atom is -0.456 e. The van der Waals surface area contributed by atoms with Crippen LogP contribution in [0.15, 0.2) is 12.2 Å². The summed E-state index contributed by atoms with van der Waals surface area (Å²) in [5.41, 5.74) is -0.383. The first-order valence-corrected chi connectivity index (χ1v) is 7.59. The van der Waals surface area contributed by atoms with Gasteiger partial charge >= 0.3 is 5.97 Å². The second-order valence-electron chi connectivity index (χ2n) is 6.29. The lowest BCUT2D eigenvalue weighted by molar-refractivity contribution is -0.152. The fraction of sp³-hybridized carbons (Fsp3) is 0.750. The largest absolute Gasteiger partial charge is 0.456 e. The molecular weight excluding hydrogens is 270 g/mol. The second-order valence-corrected chi connectivity index (χ2v) is 6.29. The van der Waals surface area contributed by atoms with E-state index in [1.165, 1.54) is 6.92 Å². The van der Waals surface area contributed by atoms with Gasteiger partial charge in [0.1, 0.15) is 17.8 Å². The van der Waals surface area contributed by atoms with Crippen molar-refractivity contribution in [3.63, 3.8) is 0 Å². The molecule has 5 nitrogen and oxygen atoms in total. The van der Waals surface area contributed by atoms with Crippen molar-refractivity contribution in [2.75, 3.05) is 0 Å². The van der Waals surface area contributed by atoms with Crippen LogP contribution in [-0.4, -0.2) is 42.0 Å². The van der Waals surface area contributed by atoms with Crippen LogP contribution < -0.4 is 0 Å². The summed E-state index contributed by atoms with van der Waals surface area (Å²) < 4.78 is 17.6. The molecule has 1 aliphatic carbocycles. The molecule has 2 heterocycles. The lowest BCUT2D eigenvalue weighted by Crippen LogP contribution is -2.48. The molecule has 6 atom stereocenters. The number of carbonyl (C=O) groups is 1. The molecule has 0 aromatic heterocycles. The van der Waals surface area contributed by atoms with Crippen LogP contribution >= 0.6 is 0 Å². The Labute approximate surface area is 125 Å². The van der Waals surface area contributed by atoms with Gasteiger partial charge in [0.2, 0.25) is 6.04 Å². The highest BCUT2D eigenvalue weighted by molar-refractivity contribution is 5.66. The highest BCUT2D eigenvalue weighted by atomic mass is 16.6. The van der Waals surface area contributed by atoms with Crippen molar-refractivity contribution < 1.29 is 19.0 Å². The average molecular weight is 291 g/mol. The van der Waals surface area contributed by atoms with Gasteiger partial charge in [-0.15, -0.1) is 0 Å². The molecule has 1 spiro atoms. The molecule has 2 saturated heterocycles. The third kappa shape index (κ3) is 2.70. The molecule has 0 N–H and O–H groups in total. The zero-order chi connectivity index (χ0) is 15.0. The van der Waals surface area contributed by atoms with Crippen molar-refractivity contribution in [1.82, 2.24) is 0 Å². The number of hydrogen-bond acceptors (Lipinski definition) is 4. The highest BCUT2D eigenvalue weighted by Gasteiger charge is 2.56. The first kappa shape index (κ1) is 14.6. The first-order chi connectivity index (χ1) is 10.0. The Morgan fingerprint density at radius 1 is 1.57 bits per heavy atom. The molecule has 21 heavy (non-hydrogen) atoms. The van der Waals surface area contributed by atoms with E-state index in [0.717, 1.165) is 25.7 Å². The summed E-state index contributed by atoms with van der Waals surface area (Å²) >= 11 is 0. The van der Waals surface area contributed by atoms with E-state index in [9.17, 15) is 4.79 Å². The molecule has 0 aromatic rings. The molecule has 3 aliphatic rings. The van der Waals surface area contributed by atoms with Crippen LogP contribution in [0.25, 0.3) is 4.85 Å². The zero-order valence-corrected chi connectivity index (χ0v) is 12.5. The molecule has 2 fully saturated rings. The van der Waals surface area contributed by atoms with Crippen LogP contribution in [0.4, 0.5) is 0 Å². The maximum atomic E-state index is 11.1. The van der Waals surface area contributed by atoms with Crippen LogP contribution in [-0.2, 0) is 19.0 Å². The number of rotatable bonds is 3. The third-order valence-corrected chi connectivity index (χ3v) is 4.60. The Bertz CT molecular complexity index is 497. The Hall–Kier alpha value is -1.38. The van der Waals surface area contributed by atoms with E-state index >= 15 is 0 Å². The summed E-state index contributed by atoms with van der Waals surface area (Å²) in [6.07, 6.45) is 7.01. The standard InChI is InChI=1S/C16H21NO4/c1-10(17-3)8-12-4-5-15-16(21-12)7-6-13(19-11(2)18)14(9-16)20-15/h6-7,10,12-15H,4-5,8-9H2,1-2H3/t10-,12?,13-,14-,15+,16+/m1/s1. The van der Waals surface area contributed by atoms with Crippen molar-refractivity contribution in [1.29, 1.82) is 0 Å². The number of ether oxygens (including phenoxy) is 3. The van der Waals surface area contributed by atoms with Gasteiger partial charge in [-0.2, -0.15) is 0 Å². The van der Waals surface area contributed by atoms with Crippen LogP contribution in [0.2, 0.25) is 0 Å². The molecule has 0 amide bonds. The van der Waals surface area contributed by atoms with Crippen molar-refractivity contribution in [2.24, 2.45) is 0 Å². The molecule has 2 bridgehead atoms. The van der Waals surface area contributed by atoms with Crippen molar-refractivity contribution in [3.8, 4) is 0 Å². The summed E-state index contributed by atoms with van der Waals surface area (Å²) in [7, 11) is 0. The molecule has 5 heteroatoms. The van der Waals surface area contributed by atoms with Gasteiger partial charge in [0.15, 0.2) is 0 Å². The van der Waals surface area contributed by atoms with E-state index in [0.29, 0.717) is 0 Å². The van der Waals surface area contributed by atoms with E-state index in [1.54, 1.807) is 0 Å². The molecule has 1 unspecified atom stereocenters. The quantitative estimate of drug-likeness (QED) is 0.455. The summed E-state index contributed by atoms with van der Waals surface area (Å²) in [5.74, 6) is -0.288. The summed E-state index contributed by atoms with van der Waals surface area (Å²) in [4.78, 5) is 14.7. The van der Waals surface area contributed by atoms with Gasteiger partial charge in [-0.3, -0.25) is 4.79 Å². The van der Waals surface area contributed by atoms with Crippen molar-refractivity contribution >= 4 is 5.97 Å². The zero-order valence-electron chi connectivity index (χ0n) is 12.5. The predicted octanol–water partition coefficient (Wildman–Crippen LogP) is 2.26. The SMILES string of the molecule is [C-]#[N+][C@H](C)CC1CC[C@@H]2O[C@@H]3C[C@]2(C=C[C@H]3OC(C)=O)O1. The maximum absolute atomic E-state index is 11.1. The normalized spacial score (nSPS) is 42.0. The highest BCUT2D eigenvalue weighted by Crippen LogP contribution is 2.47. The van der Waals surface area contributed by atoms with Crippen LogP contribution in [0.3, 0.4) is 0 Å². The van der Waals surface area contributed by atoms with E-state index in [-0.39, 0.29) is 42.0 Å². The van der Waals surface area contributed by atoms with Gasteiger partial charge in [-0.1, -0.05) is 6.08 Å². The van der Waals surface area contributed by atoms with Gasteiger partial charge in [-0.05, 0) is 18.9 Å². The van der Waals surface area contributed by atoms with E-state index in [4.69, 9.17) is 20.8 Å². The molecular formula is C16H21NO4. The molecule has 0 radical (unpaired) electrons. The van der Waals surface area contributed by atoms with Crippen LogP contribution in [0.5, 0.6) is 0 Å². The smallest absolute Gasteiger partial charge is 0.303 e. The minimum atomic E-state index is -0.383. The Kier molecular flexibility index (Phi) is 3.76. The van der Waals surface area contributed by atoms with Gasteiger partial charge < -0.3 is 19.1 Å². The Morgan fingerprint density at radius 3 is 3.10 bits per heavy atom. The number of nitrogens with zero attached hydrogens (tertiary/aromatic N) is 1. The molecule has 3 rings (SSSR count). The van der Waals surface area contributed by atoms with Crippen molar-refractivity contribution in [3.05, 3.63) is 23.6 Å². The van der Waals surface area contributed by atoms with E-state index in [1.807, 2.05) is 19.1 Å². The molecule has 114 valence electrons. The van der Waals surface area contributed by atoms with Crippen molar-refractivity contribution in [2.45, 2.75) is 75.6 Å². The topological polar surface area (TPSA) is 49.1 Å². The van der Waals surface area contributed by atoms with Gasteiger partial charge in [-0.25, -0.2) is 6.57 Å². The van der Waals surface area contributed by atoms with Crippen LogP contribution in [0, 0.1) is 6.57 Å². The second kappa shape index (κ2) is 5.43. The summed E-state index contributed by atoms with van der Waals surface area (Å²) in [6, 6.07) is -0.0116. The van der Waals surface area contributed by atoms with Gasteiger partial charge in [0.05, 0.1) is 12.2 Å². The average Bonchev–Trinajstić information content (AvgIpc) is 2.75. The Morgan fingerprint density at radius 2 is 2.38 bits per heavy atom. The summed E-state index contributed by atoms with van der Waals surface area (Å²) in [5, 5.41) is 0. The fourth-order valence-electron chi connectivity index (χ4n) is 3.66. The van der Waals surface area contributed by atoms with Gasteiger partial charge in [0.25, 0.3) is 0 Å². The molecule has 0 saturated carbocycles. The number of esters is 1. The lowest BCUT2D eigenvalue weighted by atomic mass is 9.82. The molecule has 2 aliphatic heterocycles. The molecule has 0 aromatic carbocycles. The Balaban J connectivity index is 1.71.